The molecule has 1 aromatic heterocycles. The van der Waals surface area contributed by atoms with E-state index in [0.29, 0.717) is 4.47 Å². The number of benzene rings is 1. The molecule has 25 heavy (non-hydrogen) atoms. The molecule has 9 heteroatoms. The third kappa shape index (κ3) is 5.17. The lowest BCUT2D eigenvalue weighted by molar-refractivity contribution is -0.137. The van der Waals surface area contributed by atoms with Gasteiger partial charge in [0.25, 0.3) is 5.91 Å². The van der Waals surface area contributed by atoms with Crippen LogP contribution in [0.4, 0.5) is 13.2 Å². The average Bonchev–Trinajstić information content (AvgIpc) is 2.56. The normalized spacial score (nSPS) is 12.6. The molecule has 1 heterocycles. The van der Waals surface area contributed by atoms with Crippen LogP contribution >= 0.6 is 15.9 Å². The Kier molecular flexibility index (Phi) is 6.02. The number of halogens is 4. The number of carbonyl (C=O) groups excluding carboxylic acids is 1. The van der Waals surface area contributed by atoms with E-state index >= 15 is 0 Å². The number of rotatable bonds is 5. The predicted molar refractivity (Wildman–Crippen MR) is 87.5 cm³/mol. The first-order valence-corrected chi connectivity index (χ1v) is 7.92. The van der Waals surface area contributed by atoms with Gasteiger partial charge in [-0.05, 0) is 53.2 Å². The second-order valence-corrected chi connectivity index (χ2v) is 6.05. The Labute approximate surface area is 150 Å². The summed E-state index contributed by atoms with van der Waals surface area (Å²) in [5.41, 5.74) is -0.538. The second kappa shape index (κ2) is 7.83. The Morgan fingerprint density at radius 1 is 1.36 bits per heavy atom. The van der Waals surface area contributed by atoms with Crippen molar-refractivity contribution in [3.63, 3.8) is 0 Å². The van der Waals surface area contributed by atoms with Crippen LogP contribution in [-0.2, 0) is 6.18 Å². The molecule has 0 aliphatic heterocycles. The van der Waals surface area contributed by atoms with E-state index in [1.807, 2.05) is 0 Å². The number of amides is 1. The number of aromatic nitrogens is 1. The topological polar surface area (TPSA) is 71.5 Å². The van der Waals surface area contributed by atoms with E-state index < -0.39 is 23.7 Å². The minimum Gasteiger partial charge on any atom is -0.438 e. The monoisotopic (exact) mass is 418 g/mol. The van der Waals surface area contributed by atoms with Crippen LogP contribution < -0.4 is 10.1 Å². The zero-order valence-corrected chi connectivity index (χ0v) is 14.6. The van der Waals surface area contributed by atoms with Crippen LogP contribution in [0.25, 0.3) is 0 Å². The van der Waals surface area contributed by atoms with Crippen molar-refractivity contribution in [2.24, 2.45) is 0 Å². The smallest absolute Gasteiger partial charge is 0.416 e. The quantitative estimate of drug-likeness (QED) is 0.775. The molecule has 1 aromatic carbocycles. The number of ether oxygens (including phenoxy) is 1. The summed E-state index contributed by atoms with van der Waals surface area (Å²) in [6.07, 6.45) is -3.15. The highest BCUT2D eigenvalue weighted by atomic mass is 79.9. The highest BCUT2D eigenvalue weighted by molar-refractivity contribution is 9.10. The number of aliphatic hydroxyl groups is 1. The summed E-state index contributed by atoms with van der Waals surface area (Å²) >= 11 is 3.21. The Morgan fingerprint density at radius 3 is 2.52 bits per heavy atom. The summed E-state index contributed by atoms with van der Waals surface area (Å²) < 4.78 is 43.4. The van der Waals surface area contributed by atoms with E-state index in [4.69, 9.17) is 9.84 Å². The van der Waals surface area contributed by atoms with Crippen molar-refractivity contribution < 1.29 is 27.8 Å². The first-order valence-electron chi connectivity index (χ1n) is 7.13. The minimum atomic E-state index is -4.42. The fraction of sp³-hybridized carbons (Fsp3) is 0.250. The van der Waals surface area contributed by atoms with Gasteiger partial charge < -0.3 is 15.2 Å². The molecule has 2 N–H and O–H groups in total. The molecule has 0 aliphatic rings. The summed E-state index contributed by atoms with van der Waals surface area (Å²) in [5.74, 6) is -0.144. The second-order valence-electron chi connectivity index (χ2n) is 5.19. The van der Waals surface area contributed by atoms with Gasteiger partial charge in [-0.1, -0.05) is 0 Å². The molecule has 0 saturated carbocycles. The van der Waals surface area contributed by atoms with Gasteiger partial charge in [-0.3, -0.25) is 4.79 Å². The van der Waals surface area contributed by atoms with E-state index in [2.05, 4.69) is 26.2 Å². The van der Waals surface area contributed by atoms with E-state index in [-0.39, 0.29) is 23.8 Å². The molecular weight excluding hydrogens is 405 g/mol. The van der Waals surface area contributed by atoms with Gasteiger partial charge in [0.15, 0.2) is 0 Å². The van der Waals surface area contributed by atoms with Crippen molar-refractivity contribution in [1.29, 1.82) is 0 Å². The van der Waals surface area contributed by atoms with Crippen molar-refractivity contribution in [1.82, 2.24) is 10.3 Å². The van der Waals surface area contributed by atoms with Crippen molar-refractivity contribution in [3.05, 3.63) is 52.1 Å². The number of nitrogens with zero attached hydrogens (tertiary/aromatic N) is 1. The van der Waals surface area contributed by atoms with Crippen LogP contribution in [0.2, 0.25) is 0 Å². The number of nitrogens with one attached hydrogen (secondary N) is 1. The maximum atomic E-state index is 12.5. The molecule has 0 saturated heterocycles. The van der Waals surface area contributed by atoms with Crippen molar-refractivity contribution in [2.75, 3.05) is 6.61 Å². The maximum Gasteiger partial charge on any atom is 0.416 e. The molecule has 2 aromatic rings. The van der Waals surface area contributed by atoms with Crippen molar-refractivity contribution >= 4 is 21.8 Å². The van der Waals surface area contributed by atoms with Gasteiger partial charge in [-0.25, -0.2) is 4.98 Å². The molecule has 0 fully saturated rings. The summed E-state index contributed by atoms with van der Waals surface area (Å²) in [6.45, 7) is 1.44. The average molecular weight is 419 g/mol. The Bertz CT molecular complexity index is 751. The number of hydrogen-bond acceptors (Lipinski definition) is 4. The fourth-order valence-corrected chi connectivity index (χ4v) is 2.23. The molecule has 0 bridgehead atoms. The molecular formula is C16H14BrF3N2O3. The highest BCUT2D eigenvalue weighted by Gasteiger charge is 2.30. The summed E-state index contributed by atoms with van der Waals surface area (Å²) in [4.78, 5) is 15.9. The predicted octanol–water partition coefficient (Wildman–Crippen LogP) is 3.77. The minimum absolute atomic E-state index is 0.103. The highest BCUT2D eigenvalue weighted by Crippen LogP contribution is 2.32. The van der Waals surface area contributed by atoms with Crippen molar-refractivity contribution in [3.8, 4) is 11.6 Å². The molecule has 1 amide bonds. The van der Waals surface area contributed by atoms with Gasteiger partial charge in [0.2, 0.25) is 5.88 Å². The van der Waals surface area contributed by atoms with Gasteiger partial charge >= 0.3 is 6.18 Å². The maximum absolute atomic E-state index is 12.5. The third-order valence-electron chi connectivity index (χ3n) is 3.12. The molecule has 0 spiro atoms. The lowest BCUT2D eigenvalue weighted by Gasteiger charge is -2.12. The van der Waals surface area contributed by atoms with E-state index in [0.717, 1.165) is 12.1 Å². The number of hydrogen-bond donors (Lipinski definition) is 2. The number of pyridine rings is 1. The number of carbonyl (C=O) groups is 1. The van der Waals surface area contributed by atoms with Gasteiger partial charge in [0.1, 0.15) is 5.75 Å². The molecule has 0 aliphatic carbocycles. The SMILES string of the molecule is C[C@H](CO)NC(=O)c1cnc(Oc2ccc(C(F)(F)F)cc2)c(Br)c1. The van der Waals surface area contributed by atoms with Crippen LogP contribution in [0.1, 0.15) is 22.8 Å². The molecule has 5 nitrogen and oxygen atoms in total. The largest absolute Gasteiger partial charge is 0.438 e. The summed E-state index contributed by atoms with van der Waals surface area (Å²) in [5, 5.41) is 11.5. The van der Waals surface area contributed by atoms with Crippen LogP contribution in [0.5, 0.6) is 11.6 Å². The van der Waals surface area contributed by atoms with Crippen molar-refractivity contribution in [2.45, 2.75) is 19.1 Å². The Morgan fingerprint density at radius 2 is 2.00 bits per heavy atom. The zero-order valence-electron chi connectivity index (χ0n) is 13.0. The van der Waals surface area contributed by atoms with Crippen LogP contribution in [-0.4, -0.2) is 28.6 Å². The van der Waals surface area contributed by atoms with Crippen LogP contribution in [0, 0.1) is 0 Å². The first kappa shape index (κ1) is 19.2. The van der Waals surface area contributed by atoms with Crippen LogP contribution in [0.3, 0.4) is 0 Å². The number of aliphatic hydroxyl groups excluding tert-OH is 1. The molecule has 0 unspecified atom stereocenters. The van der Waals surface area contributed by atoms with E-state index in [1.165, 1.54) is 24.4 Å². The fourth-order valence-electron chi connectivity index (χ4n) is 1.80. The van der Waals surface area contributed by atoms with E-state index in [9.17, 15) is 18.0 Å². The zero-order chi connectivity index (χ0) is 18.6. The first-order chi connectivity index (χ1) is 11.7. The molecule has 134 valence electrons. The molecule has 0 radical (unpaired) electrons. The number of alkyl halides is 3. The van der Waals surface area contributed by atoms with E-state index in [1.54, 1.807) is 6.92 Å². The third-order valence-corrected chi connectivity index (χ3v) is 3.69. The van der Waals surface area contributed by atoms with Gasteiger partial charge in [0, 0.05) is 12.2 Å². The standard InChI is InChI=1S/C16H14BrF3N2O3/c1-9(8-23)22-14(24)10-6-13(17)15(21-7-10)25-12-4-2-11(3-5-12)16(18,19)20/h2-7,9,23H,8H2,1H3,(H,22,24)/t9-/m1/s1. The summed E-state index contributed by atoms with van der Waals surface area (Å²) in [6, 6.07) is 5.23. The Hall–Kier alpha value is -2.13. The van der Waals surface area contributed by atoms with Crippen LogP contribution in [0.15, 0.2) is 41.0 Å². The lowest BCUT2D eigenvalue weighted by Crippen LogP contribution is -2.35. The lowest BCUT2D eigenvalue weighted by atomic mass is 10.2. The van der Waals surface area contributed by atoms with Gasteiger partial charge in [0.05, 0.1) is 22.2 Å². The molecule has 1 atom stereocenters. The molecule has 2 rings (SSSR count). The Balaban J connectivity index is 2.12. The van der Waals surface area contributed by atoms with Gasteiger partial charge in [-0.15, -0.1) is 0 Å². The van der Waals surface area contributed by atoms with Gasteiger partial charge in [-0.2, -0.15) is 13.2 Å². The summed E-state index contributed by atoms with van der Waals surface area (Å²) in [7, 11) is 0.